The maximum atomic E-state index is 11.8. The van der Waals surface area contributed by atoms with Gasteiger partial charge in [0.1, 0.15) is 12.7 Å². The summed E-state index contributed by atoms with van der Waals surface area (Å²) in [6, 6.07) is -0.970. The van der Waals surface area contributed by atoms with Crippen molar-refractivity contribution >= 4 is 83.0 Å². The third-order valence-corrected chi connectivity index (χ3v) is 4.61. The van der Waals surface area contributed by atoms with Gasteiger partial charge in [-0.1, -0.05) is 23.2 Å². The van der Waals surface area contributed by atoms with E-state index in [1.54, 1.807) is 0 Å². The Labute approximate surface area is 267 Å². The molecule has 23 heteroatoms. The highest BCUT2D eigenvalue weighted by molar-refractivity contribution is 6.32. The van der Waals surface area contributed by atoms with Gasteiger partial charge in [-0.05, 0) is 41.5 Å². The van der Waals surface area contributed by atoms with E-state index in [9.17, 15) is 19.2 Å². The summed E-state index contributed by atoms with van der Waals surface area (Å²) < 4.78 is 0. The number of anilines is 4. The van der Waals surface area contributed by atoms with Crippen LogP contribution in [-0.4, -0.2) is 73.0 Å². The van der Waals surface area contributed by atoms with Crippen molar-refractivity contribution in [1.82, 2.24) is 52.3 Å². The molecule has 0 saturated carbocycles. The molecule has 21 nitrogen and oxygen atoms in total. The zero-order valence-electron chi connectivity index (χ0n) is 25.0. The lowest BCUT2D eigenvalue weighted by molar-refractivity contribution is 0.0990. The molecule has 2 aromatic rings. The van der Waals surface area contributed by atoms with Crippen LogP contribution in [0.25, 0.3) is 0 Å². The fraction of sp³-hybridized carbons (Fsp3) is 0.364. The number of rotatable bonds is 6. The van der Waals surface area contributed by atoms with E-state index in [2.05, 4.69) is 62.3 Å². The van der Waals surface area contributed by atoms with Crippen LogP contribution in [0.15, 0.2) is 9.98 Å². The number of hydrogen-bond acceptors (Lipinski definition) is 12. The summed E-state index contributed by atoms with van der Waals surface area (Å²) >= 11 is 11.3. The lowest BCUT2D eigenvalue weighted by Crippen LogP contribution is -2.50. The van der Waals surface area contributed by atoms with E-state index in [1.807, 2.05) is 41.5 Å². The average Bonchev–Trinajstić information content (AvgIpc) is 2.87. The van der Waals surface area contributed by atoms with Crippen LogP contribution in [0.2, 0.25) is 10.3 Å². The van der Waals surface area contributed by atoms with Gasteiger partial charge in [-0.2, -0.15) is 9.98 Å². The number of halogens is 2. The Hall–Kier alpha value is -5.28. The lowest BCUT2D eigenvalue weighted by Gasteiger charge is -2.20. The van der Waals surface area contributed by atoms with Crippen LogP contribution in [0, 0.1) is 0 Å². The molecule has 45 heavy (non-hydrogen) atoms. The summed E-state index contributed by atoms with van der Waals surface area (Å²) in [6.07, 6.45) is 1.94. The Morgan fingerprint density at radius 3 is 1.22 bits per heavy atom. The number of carbonyl (C=O) groups excluding carboxylic acids is 4. The molecule has 0 radical (unpaired) electrons. The Morgan fingerprint density at radius 1 is 0.622 bits per heavy atom. The molecule has 2 rings (SSSR count). The molecule has 0 aliphatic rings. The summed E-state index contributed by atoms with van der Waals surface area (Å²) in [4.78, 5) is 68.0. The van der Waals surface area contributed by atoms with Gasteiger partial charge >= 0.3 is 23.9 Å². The maximum Gasteiger partial charge on any atom is 0.333 e. The first-order valence-corrected chi connectivity index (χ1v) is 12.9. The number of aromatic nitrogens is 4. The number of nitrogen functional groups attached to an aromatic ring is 4. The van der Waals surface area contributed by atoms with Crippen molar-refractivity contribution in [3.8, 4) is 0 Å². The minimum absolute atomic E-state index is 0. The lowest BCUT2D eigenvalue weighted by atomic mass is 10.1. The van der Waals surface area contributed by atoms with Crippen LogP contribution in [-0.2, 0) is 0 Å². The molecule has 0 aliphatic heterocycles. The number of urea groups is 2. The Balaban J connectivity index is 0.000000842. The van der Waals surface area contributed by atoms with Gasteiger partial charge in [0.25, 0.3) is 0 Å². The number of hydrogen-bond donors (Lipinski definition) is 10. The second-order valence-corrected chi connectivity index (χ2v) is 11.1. The molecule has 6 amide bonds. The van der Waals surface area contributed by atoms with Crippen molar-refractivity contribution in [2.75, 3.05) is 22.9 Å². The van der Waals surface area contributed by atoms with E-state index in [4.69, 9.17) is 46.1 Å². The molecule has 0 spiro atoms. The number of nitrogens with one attached hydrogen (secondary N) is 6. The van der Waals surface area contributed by atoms with Gasteiger partial charge in [0, 0.05) is 11.1 Å². The molecule has 0 fully saturated rings. The summed E-state index contributed by atoms with van der Waals surface area (Å²) in [7, 11) is 0. The SMILES string of the molecule is CC(C)(C)NC(=O)NNC=NC(=O)c1nc(Cl)c(N)nc1N.CC(C)(C)NC(=O)NNC=NC(=O)c1nc(Cl)c(N)nc1N.O. The molecular weight excluding hydrogens is 639 g/mol. The van der Waals surface area contributed by atoms with Crippen LogP contribution in [0.1, 0.15) is 62.5 Å². The molecule has 0 aliphatic carbocycles. The Bertz CT molecular complexity index is 1330. The van der Waals surface area contributed by atoms with Crippen molar-refractivity contribution < 1.29 is 24.7 Å². The number of nitrogens with two attached hydrogens (primary N) is 4. The second-order valence-electron chi connectivity index (χ2n) is 10.3. The van der Waals surface area contributed by atoms with Gasteiger partial charge in [0.2, 0.25) is 0 Å². The largest absolute Gasteiger partial charge is 0.412 e. The van der Waals surface area contributed by atoms with Gasteiger partial charge in [-0.25, -0.2) is 29.5 Å². The van der Waals surface area contributed by atoms with Crippen LogP contribution >= 0.6 is 23.2 Å². The van der Waals surface area contributed by atoms with Crippen molar-refractivity contribution in [2.24, 2.45) is 9.98 Å². The van der Waals surface area contributed by atoms with E-state index in [1.165, 1.54) is 0 Å². The summed E-state index contributed by atoms with van der Waals surface area (Å²) in [5.41, 5.74) is 29.7. The van der Waals surface area contributed by atoms with E-state index >= 15 is 0 Å². The molecule has 248 valence electrons. The number of carbonyl (C=O) groups is 4. The standard InChI is InChI=1S/2C11H17ClN8O2.H2O/c2*1-11(2,3)19-10(22)20-16-4-15-9(21)5-7(13)18-8(14)6(12)17-5;/h2*4H,1-3H3,(H4,13,14,18)(H,15,16,21)(H2,19,20,22);1H2. The van der Waals surface area contributed by atoms with Crippen LogP contribution in [0.5, 0.6) is 0 Å². The topological polar surface area (TPSA) is 352 Å². The summed E-state index contributed by atoms with van der Waals surface area (Å²) in [5, 5.41) is 4.96. The summed E-state index contributed by atoms with van der Waals surface area (Å²) in [5.74, 6) is -2.14. The van der Waals surface area contributed by atoms with Gasteiger partial charge in [-0.3, -0.25) is 31.3 Å². The van der Waals surface area contributed by atoms with Crippen LogP contribution in [0.4, 0.5) is 32.9 Å². The van der Waals surface area contributed by atoms with E-state index in [-0.39, 0.29) is 50.4 Å². The molecule has 0 saturated heterocycles. The minimum Gasteiger partial charge on any atom is -0.412 e. The first-order valence-electron chi connectivity index (χ1n) is 12.2. The van der Waals surface area contributed by atoms with Crippen molar-refractivity contribution in [2.45, 2.75) is 52.6 Å². The Morgan fingerprint density at radius 2 is 0.933 bits per heavy atom. The highest BCUT2D eigenvalue weighted by Crippen LogP contribution is 2.18. The van der Waals surface area contributed by atoms with Crippen molar-refractivity contribution in [1.29, 1.82) is 0 Å². The van der Waals surface area contributed by atoms with E-state index < -0.39 is 35.0 Å². The molecular formula is C22H36Cl2N16O5. The zero-order chi connectivity index (χ0) is 33.8. The molecule has 0 bridgehead atoms. The number of hydrazine groups is 2. The van der Waals surface area contributed by atoms with Crippen molar-refractivity contribution in [3.63, 3.8) is 0 Å². The van der Waals surface area contributed by atoms with Gasteiger partial charge in [0.05, 0.1) is 0 Å². The smallest absolute Gasteiger partial charge is 0.333 e. The van der Waals surface area contributed by atoms with Gasteiger partial charge < -0.3 is 39.0 Å². The molecule has 2 heterocycles. The average molecular weight is 676 g/mol. The van der Waals surface area contributed by atoms with Crippen molar-refractivity contribution in [3.05, 3.63) is 21.7 Å². The highest BCUT2D eigenvalue weighted by Gasteiger charge is 2.17. The molecule has 2 aromatic heterocycles. The second kappa shape index (κ2) is 17.1. The predicted molar refractivity (Wildman–Crippen MR) is 170 cm³/mol. The van der Waals surface area contributed by atoms with Gasteiger partial charge in [-0.15, -0.1) is 0 Å². The molecule has 16 N–H and O–H groups in total. The number of aliphatic imine (C=N–C) groups is 2. The van der Waals surface area contributed by atoms with Gasteiger partial charge in [0.15, 0.2) is 45.0 Å². The molecule has 0 unspecified atom stereocenters. The zero-order valence-corrected chi connectivity index (χ0v) is 26.5. The Kier molecular flexibility index (Phi) is 15.1. The first kappa shape index (κ1) is 39.7. The third-order valence-electron chi connectivity index (χ3n) is 4.06. The predicted octanol–water partition coefficient (Wildman–Crippen LogP) is -0.694. The quantitative estimate of drug-likeness (QED) is 0.103. The third kappa shape index (κ3) is 15.1. The van der Waals surface area contributed by atoms with Crippen LogP contribution in [0.3, 0.4) is 0 Å². The number of nitrogens with zero attached hydrogens (tertiary/aromatic N) is 6. The fourth-order valence-electron chi connectivity index (χ4n) is 2.44. The first-order chi connectivity index (χ1) is 20.2. The fourth-order valence-corrected chi connectivity index (χ4v) is 2.69. The normalized spacial score (nSPS) is 11.0. The highest BCUT2D eigenvalue weighted by atomic mass is 35.5. The molecule has 0 aromatic carbocycles. The maximum absolute atomic E-state index is 11.8. The summed E-state index contributed by atoms with van der Waals surface area (Å²) in [6.45, 7) is 10.9. The monoisotopic (exact) mass is 674 g/mol. The molecule has 0 atom stereocenters. The minimum atomic E-state index is -0.794. The van der Waals surface area contributed by atoms with Crippen LogP contribution < -0.4 is 55.3 Å². The van der Waals surface area contributed by atoms with E-state index in [0.717, 1.165) is 12.7 Å². The number of amides is 6. The van der Waals surface area contributed by atoms with E-state index in [0.29, 0.717) is 0 Å².